The fraction of sp³-hybridized carbons (Fsp3) is 0.500. The Labute approximate surface area is 144 Å². The number of hydrogen-bond acceptors (Lipinski definition) is 3. The van der Waals surface area contributed by atoms with Crippen LogP contribution in [0.25, 0.3) is 0 Å². The van der Waals surface area contributed by atoms with Crippen LogP contribution in [0.1, 0.15) is 51.9 Å². The topological polar surface area (TPSA) is 74.6 Å². The smallest absolute Gasteiger partial charge is 0.303 e. The largest absolute Gasteiger partial charge is 0.481 e. The molecule has 0 radical (unpaired) electrons. The molecule has 4 heteroatoms. The molecule has 0 saturated carbocycles. The summed E-state index contributed by atoms with van der Waals surface area (Å²) < 4.78 is 0. The molecule has 1 rings (SSSR count). The Morgan fingerprint density at radius 2 is 2.12 bits per heavy atom. The maximum atomic E-state index is 11.9. The van der Waals surface area contributed by atoms with Gasteiger partial charge in [0.2, 0.25) is 0 Å². The minimum Gasteiger partial charge on any atom is -0.481 e. The molecule has 0 fully saturated rings. The molecule has 0 amide bonds. The molecule has 2 unspecified atom stereocenters. The summed E-state index contributed by atoms with van der Waals surface area (Å²) in [4.78, 5) is 22.3. The highest BCUT2D eigenvalue weighted by Gasteiger charge is 2.22. The predicted octanol–water partition coefficient (Wildman–Crippen LogP) is 3.42. The van der Waals surface area contributed by atoms with Gasteiger partial charge in [-0.2, -0.15) is 0 Å². The standard InChI is InChI=1S/C20H26O4/c1-2-3-6-10-17(21)13-14-18-16(12-15-19(18)22)9-7-4-5-8-11-20(23)24/h3,6,12,14-17,21H,2,5,8-11,13H2,1H3,(H,23,24)/b6-3-,18-14+. The molecule has 130 valence electrons. The normalized spacial score (nSPS) is 19.7. The molecule has 4 nitrogen and oxygen atoms in total. The van der Waals surface area contributed by atoms with Crippen LogP contribution in [0.4, 0.5) is 0 Å². The van der Waals surface area contributed by atoms with Crippen LogP contribution in [0.15, 0.2) is 36.0 Å². The molecule has 0 aromatic heterocycles. The van der Waals surface area contributed by atoms with Crippen molar-refractivity contribution in [2.24, 2.45) is 5.92 Å². The summed E-state index contributed by atoms with van der Waals surface area (Å²) in [7, 11) is 0. The summed E-state index contributed by atoms with van der Waals surface area (Å²) in [5, 5.41) is 18.5. The molecule has 24 heavy (non-hydrogen) atoms. The van der Waals surface area contributed by atoms with E-state index in [0.29, 0.717) is 37.7 Å². The van der Waals surface area contributed by atoms with E-state index in [1.165, 1.54) is 0 Å². The molecule has 0 spiro atoms. The number of unbranched alkanes of at least 4 members (excludes halogenated alkanes) is 1. The molecule has 0 aliphatic heterocycles. The van der Waals surface area contributed by atoms with Gasteiger partial charge in [0.1, 0.15) is 0 Å². The van der Waals surface area contributed by atoms with Crippen molar-refractivity contribution in [2.75, 3.05) is 0 Å². The first-order valence-corrected chi connectivity index (χ1v) is 8.47. The van der Waals surface area contributed by atoms with E-state index in [4.69, 9.17) is 5.11 Å². The summed E-state index contributed by atoms with van der Waals surface area (Å²) in [6.07, 6.45) is 12.5. The molecule has 0 saturated heterocycles. The third-order valence-electron chi connectivity index (χ3n) is 3.72. The predicted molar refractivity (Wildman–Crippen MR) is 94.3 cm³/mol. The van der Waals surface area contributed by atoms with Crippen LogP contribution < -0.4 is 0 Å². The van der Waals surface area contributed by atoms with Gasteiger partial charge in [-0.3, -0.25) is 9.59 Å². The Kier molecular flexibility index (Phi) is 9.48. The number of aliphatic hydroxyl groups is 1. The molecule has 2 N–H and O–H groups in total. The zero-order chi connectivity index (χ0) is 17.8. The Balaban J connectivity index is 2.46. The van der Waals surface area contributed by atoms with E-state index in [1.807, 2.05) is 31.2 Å². The Hall–Kier alpha value is -2.12. The van der Waals surface area contributed by atoms with Gasteiger partial charge in [0.25, 0.3) is 0 Å². The van der Waals surface area contributed by atoms with E-state index >= 15 is 0 Å². The second-order valence-electron chi connectivity index (χ2n) is 5.80. The highest BCUT2D eigenvalue weighted by atomic mass is 16.4. The molecule has 2 atom stereocenters. The van der Waals surface area contributed by atoms with Crippen molar-refractivity contribution < 1.29 is 19.8 Å². The molecule has 0 bridgehead atoms. The lowest BCUT2D eigenvalue weighted by Crippen LogP contribution is -2.07. The fourth-order valence-corrected chi connectivity index (χ4v) is 2.39. The molecule has 0 heterocycles. The lowest BCUT2D eigenvalue weighted by molar-refractivity contribution is -0.137. The van der Waals surface area contributed by atoms with E-state index in [-0.39, 0.29) is 18.1 Å². The SMILES string of the molecule is CC/C=C\CC(O)C/C=C1/C(=O)C=CC1CC#CCCCC(=O)O. The molecule has 0 aromatic carbocycles. The Morgan fingerprint density at radius 1 is 1.33 bits per heavy atom. The number of carbonyl (C=O) groups is 2. The van der Waals surface area contributed by atoms with Crippen LogP contribution in [0.5, 0.6) is 0 Å². The maximum Gasteiger partial charge on any atom is 0.303 e. The number of carbonyl (C=O) groups excluding carboxylic acids is 1. The van der Waals surface area contributed by atoms with Gasteiger partial charge in [-0.15, -0.1) is 11.8 Å². The second-order valence-corrected chi connectivity index (χ2v) is 5.80. The van der Waals surface area contributed by atoms with Gasteiger partial charge in [0, 0.05) is 30.8 Å². The number of rotatable bonds is 9. The van der Waals surface area contributed by atoms with Crippen molar-refractivity contribution in [3.63, 3.8) is 0 Å². The van der Waals surface area contributed by atoms with Crippen LogP contribution in [-0.2, 0) is 9.59 Å². The van der Waals surface area contributed by atoms with E-state index in [2.05, 4.69) is 11.8 Å². The Bertz CT molecular complexity index is 572. The van der Waals surface area contributed by atoms with Crippen LogP contribution in [0, 0.1) is 17.8 Å². The van der Waals surface area contributed by atoms with Crippen molar-refractivity contribution in [1.29, 1.82) is 0 Å². The summed E-state index contributed by atoms with van der Waals surface area (Å²) in [5.74, 6) is 5.14. The zero-order valence-electron chi connectivity index (χ0n) is 14.2. The number of carboxylic acid groups (broad SMARTS) is 1. The van der Waals surface area contributed by atoms with Crippen LogP contribution in [0.3, 0.4) is 0 Å². The number of aliphatic carboxylic acids is 1. The van der Waals surface area contributed by atoms with Gasteiger partial charge in [-0.05, 0) is 31.8 Å². The maximum absolute atomic E-state index is 11.9. The lowest BCUT2D eigenvalue weighted by Gasteiger charge is -2.09. The minimum absolute atomic E-state index is 0.0102. The minimum atomic E-state index is -0.807. The number of ketones is 1. The van der Waals surface area contributed by atoms with Crippen LogP contribution in [-0.4, -0.2) is 28.1 Å². The molecule has 0 aromatic rings. The molecule has 1 aliphatic rings. The van der Waals surface area contributed by atoms with Gasteiger partial charge < -0.3 is 10.2 Å². The first-order valence-electron chi connectivity index (χ1n) is 8.47. The van der Waals surface area contributed by atoms with Gasteiger partial charge in [0.05, 0.1) is 6.10 Å². The van der Waals surface area contributed by atoms with Crippen molar-refractivity contribution in [3.05, 3.63) is 36.0 Å². The third kappa shape index (κ3) is 7.94. The number of carboxylic acids is 1. The summed E-state index contributed by atoms with van der Waals surface area (Å²) in [5.41, 5.74) is 0.702. The van der Waals surface area contributed by atoms with E-state index in [0.717, 1.165) is 6.42 Å². The summed E-state index contributed by atoms with van der Waals surface area (Å²) >= 11 is 0. The van der Waals surface area contributed by atoms with Gasteiger partial charge in [-0.25, -0.2) is 0 Å². The molecular formula is C20H26O4. The number of aliphatic hydroxyl groups excluding tert-OH is 1. The lowest BCUT2D eigenvalue weighted by atomic mass is 9.96. The quantitative estimate of drug-likeness (QED) is 0.294. The summed E-state index contributed by atoms with van der Waals surface area (Å²) in [6, 6.07) is 0. The van der Waals surface area contributed by atoms with Gasteiger partial charge >= 0.3 is 5.97 Å². The fourth-order valence-electron chi connectivity index (χ4n) is 2.39. The number of hydrogen-bond donors (Lipinski definition) is 2. The zero-order valence-corrected chi connectivity index (χ0v) is 14.2. The van der Waals surface area contributed by atoms with E-state index in [1.54, 1.807) is 6.08 Å². The highest BCUT2D eigenvalue weighted by Crippen LogP contribution is 2.25. The third-order valence-corrected chi connectivity index (χ3v) is 3.72. The van der Waals surface area contributed by atoms with Gasteiger partial charge in [-0.1, -0.05) is 31.2 Å². The molecular weight excluding hydrogens is 304 g/mol. The monoisotopic (exact) mass is 330 g/mol. The van der Waals surface area contributed by atoms with Crippen LogP contribution >= 0.6 is 0 Å². The van der Waals surface area contributed by atoms with Crippen LogP contribution in [0.2, 0.25) is 0 Å². The first-order chi connectivity index (χ1) is 11.5. The summed E-state index contributed by atoms with van der Waals surface area (Å²) in [6.45, 7) is 2.04. The average Bonchev–Trinajstić information content (AvgIpc) is 2.89. The number of allylic oxidation sites excluding steroid dienone is 4. The van der Waals surface area contributed by atoms with Crippen molar-refractivity contribution in [1.82, 2.24) is 0 Å². The first kappa shape index (κ1) is 19.9. The van der Waals surface area contributed by atoms with E-state index < -0.39 is 12.1 Å². The second kappa shape index (κ2) is 11.4. The van der Waals surface area contributed by atoms with E-state index in [9.17, 15) is 14.7 Å². The molecule has 1 aliphatic carbocycles. The van der Waals surface area contributed by atoms with Crippen molar-refractivity contribution in [3.8, 4) is 11.8 Å². The van der Waals surface area contributed by atoms with Crippen molar-refractivity contribution >= 4 is 11.8 Å². The Morgan fingerprint density at radius 3 is 2.83 bits per heavy atom. The van der Waals surface area contributed by atoms with Gasteiger partial charge in [0.15, 0.2) is 5.78 Å². The average molecular weight is 330 g/mol. The van der Waals surface area contributed by atoms with Crippen molar-refractivity contribution in [2.45, 2.75) is 58.0 Å². The highest BCUT2D eigenvalue weighted by molar-refractivity contribution is 6.07.